The molecule has 3 unspecified atom stereocenters. The summed E-state index contributed by atoms with van der Waals surface area (Å²) in [6.07, 6.45) is 6.03. The zero-order valence-electron chi connectivity index (χ0n) is 10.3. The van der Waals surface area contributed by atoms with Crippen LogP contribution >= 0.6 is 11.6 Å². The minimum absolute atomic E-state index is 0.214. The quantitative estimate of drug-likeness (QED) is 0.675. The molecule has 3 aliphatic rings. The van der Waals surface area contributed by atoms with Crippen molar-refractivity contribution in [2.45, 2.75) is 68.5 Å². The van der Waals surface area contributed by atoms with E-state index in [0.717, 1.165) is 45.1 Å². The van der Waals surface area contributed by atoms with Crippen LogP contribution < -0.4 is 0 Å². The molecule has 0 aromatic heterocycles. The molecule has 3 rings (SSSR count). The molecule has 3 heterocycles. The Labute approximate surface area is 107 Å². The number of ether oxygens (including phenoxy) is 1. The molecule has 2 bridgehead atoms. The molecule has 0 aliphatic carbocycles. The van der Waals surface area contributed by atoms with Crippen molar-refractivity contribution in [1.82, 2.24) is 4.90 Å². The normalized spacial score (nSPS) is 45.3. The van der Waals surface area contributed by atoms with Crippen LogP contribution in [0.3, 0.4) is 0 Å². The Morgan fingerprint density at radius 3 is 2.53 bits per heavy atom. The van der Waals surface area contributed by atoms with Crippen molar-refractivity contribution in [3.63, 3.8) is 0 Å². The van der Waals surface area contributed by atoms with Crippen LogP contribution in [0.4, 0.5) is 0 Å². The average molecular weight is 258 g/mol. The molecule has 3 atom stereocenters. The number of hydrogen-bond donors (Lipinski definition) is 0. The first-order valence-corrected chi connectivity index (χ1v) is 7.14. The predicted molar refractivity (Wildman–Crippen MR) is 66.1 cm³/mol. The highest BCUT2D eigenvalue weighted by molar-refractivity contribution is 6.20. The van der Waals surface area contributed by atoms with Crippen molar-refractivity contribution in [3.05, 3.63) is 0 Å². The number of alkyl halides is 1. The van der Waals surface area contributed by atoms with Crippen molar-refractivity contribution in [2.75, 3.05) is 6.61 Å². The van der Waals surface area contributed by atoms with Crippen LogP contribution in [0.25, 0.3) is 0 Å². The number of hydrogen-bond acceptors (Lipinski definition) is 2. The summed E-state index contributed by atoms with van der Waals surface area (Å²) in [4.78, 5) is 14.7. The van der Waals surface area contributed by atoms with Gasteiger partial charge in [-0.15, -0.1) is 11.6 Å². The van der Waals surface area contributed by atoms with E-state index in [0.29, 0.717) is 12.1 Å². The molecule has 1 amide bonds. The Morgan fingerprint density at radius 2 is 2.00 bits per heavy atom. The third kappa shape index (κ3) is 1.88. The van der Waals surface area contributed by atoms with Gasteiger partial charge in [0.05, 0.1) is 0 Å². The first kappa shape index (κ1) is 11.8. The van der Waals surface area contributed by atoms with E-state index in [4.69, 9.17) is 16.3 Å². The van der Waals surface area contributed by atoms with Crippen LogP contribution in [0.5, 0.6) is 0 Å². The Bertz CT molecular complexity index is 313. The fourth-order valence-electron chi connectivity index (χ4n) is 3.66. The first-order chi connectivity index (χ1) is 8.10. The maximum Gasteiger partial charge on any atom is 0.255 e. The third-order valence-corrected chi connectivity index (χ3v) is 4.94. The summed E-state index contributed by atoms with van der Waals surface area (Å²) >= 11 is 6.24. The summed E-state index contributed by atoms with van der Waals surface area (Å²) in [5.41, 5.74) is -0.556. The fraction of sp³-hybridized carbons (Fsp3) is 0.923. The smallest absolute Gasteiger partial charge is 0.255 e. The summed E-state index contributed by atoms with van der Waals surface area (Å²) in [6, 6.07) is 0.731. The lowest BCUT2D eigenvalue weighted by atomic mass is 9.95. The van der Waals surface area contributed by atoms with Crippen molar-refractivity contribution < 1.29 is 9.53 Å². The Hall–Kier alpha value is -0.280. The largest absolute Gasteiger partial charge is 0.365 e. The van der Waals surface area contributed by atoms with Gasteiger partial charge < -0.3 is 9.64 Å². The van der Waals surface area contributed by atoms with Crippen LogP contribution in [0.1, 0.15) is 45.4 Å². The lowest BCUT2D eigenvalue weighted by molar-refractivity contribution is -0.155. The number of nitrogens with zero attached hydrogens (tertiary/aromatic N) is 1. The van der Waals surface area contributed by atoms with Gasteiger partial charge >= 0.3 is 0 Å². The van der Waals surface area contributed by atoms with Gasteiger partial charge in [0.1, 0.15) is 5.60 Å². The molecule has 3 nitrogen and oxygen atoms in total. The second-order valence-corrected chi connectivity index (χ2v) is 6.47. The van der Waals surface area contributed by atoms with Gasteiger partial charge in [0.2, 0.25) is 0 Å². The molecule has 0 N–H and O–H groups in total. The Morgan fingerprint density at radius 1 is 1.35 bits per heavy atom. The molecule has 0 saturated carbocycles. The average Bonchev–Trinajstić information content (AvgIpc) is 2.82. The second-order valence-electron chi connectivity index (χ2n) is 5.85. The Kier molecular flexibility index (Phi) is 2.86. The molecule has 3 saturated heterocycles. The number of fused-ring (bicyclic) bond motifs is 2. The number of piperidine rings is 1. The van der Waals surface area contributed by atoms with E-state index >= 15 is 0 Å². The lowest BCUT2D eigenvalue weighted by Gasteiger charge is -2.40. The topological polar surface area (TPSA) is 29.5 Å². The predicted octanol–water partition coefficient (Wildman–Crippen LogP) is 2.32. The van der Waals surface area contributed by atoms with E-state index in [-0.39, 0.29) is 11.3 Å². The SMILES string of the molecule is CC1(C(=O)N2C3CCC2CC(Cl)C3)CCCO1. The number of amides is 1. The van der Waals surface area contributed by atoms with E-state index in [2.05, 4.69) is 4.90 Å². The van der Waals surface area contributed by atoms with Crippen LogP contribution in [-0.2, 0) is 9.53 Å². The van der Waals surface area contributed by atoms with Crippen LogP contribution in [-0.4, -0.2) is 40.5 Å². The first-order valence-electron chi connectivity index (χ1n) is 6.71. The summed E-state index contributed by atoms with van der Waals surface area (Å²) in [5.74, 6) is 0.214. The van der Waals surface area contributed by atoms with E-state index in [1.54, 1.807) is 0 Å². The summed E-state index contributed by atoms with van der Waals surface area (Å²) in [6.45, 7) is 2.68. The molecule has 0 aromatic carbocycles. The van der Waals surface area contributed by atoms with Crippen molar-refractivity contribution in [1.29, 1.82) is 0 Å². The second kappa shape index (κ2) is 4.13. The molecule has 17 heavy (non-hydrogen) atoms. The van der Waals surface area contributed by atoms with Gasteiger partial charge in [-0.05, 0) is 45.4 Å². The monoisotopic (exact) mass is 257 g/mol. The third-order valence-electron chi connectivity index (χ3n) is 4.58. The summed E-state index contributed by atoms with van der Waals surface area (Å²) in [7, 11) is 0. The molecule has 0 radical (unpaired) electrons. The van der Waals surface area contributed by atoms with Crippen molar-refractivity contribution in [2.24, 2.45) is 0 Å². The zero-order chi connectivity index (χ0) is 12.0. The highest BCUT2D eigenvalue weighted by Gasteiger charge is 2.49. The standard InChI is InChI=1S/C13H20ClNO2/c1-13(5-2-6-17-13)12(16)15-10-3-4-11(15)8-9(14)7-10/h9-11H,2-8H2,1H3. The minimum atomic E-state index is -0.556. The highest BCUT2D eigenvalue weighted by Crippen LogP contribution is 2.40. The lowest BCUT2D eigenvalue weighted by Crippen LogP contribution is -2.54. The highest BCUT2D eigenvalue weighted by atomic mass is 35.5. The number of carbonyl (C=O) groups is 1. The maximum absolute atomic E-state index is 12.6. The van der Waals surface area contributed by atoms with E-state index in [1.807, 2.05) is 6.92 Å². The van der Waals surface area contributed by atoms with Gasteiger partial charge in [-0.3, -0.25) is 4.79 Å². The zero-order valence-corrected chi connectivity index (χ0v) is 11.1. The van der Waals surface area contributed by atoms with Crippen LogP contribution in [0, 0.1) is 0 Å². The van der Waals surface area contributed by atoms with Crippen LogP contribution in [0.15, 0.2) is 0 Å². The van der Waals surface area contributed by atoms with E-state index in [1.165, 1.54) is 0 Å². The summed E-state index contributed by atoms with van der Waals surface area (Å²) in [5, 5.41) is 0.258. The molecule has 4 heteroatoms. The van der Waals surface area contributed by atoms with Gasteiger partial charge in [-0.2, -0.15) is 0 Å². The van der Waals surface area contributed by atoms with E-state index in [9.17, 15) is 4.79 Å². The molecule has 0 spiro atoms. The van der Waals surface area contributed by atoms with Gasteiger partial charge in [0.25, 0.3) is 5.91 Å². The maximum atomic E-state index is 12.6. The molecule has 3 fully saturated rings. The van der Waals surface area contributed by atoms with Crippen LogP contribution in [0.2, 0.25) is 0 Å². The molecule has 96 valence electrons. The van der Waals surface area contributed by atoms with Crippen molar-refractivity contribution in [3.8, 4) is 0 Å². The number of rotatable bonds is 1. The minimum Gasteiger partial charge on any atom is -0.365 e. The van der Waals surface area contributed by atoms with E-state index < -0.39 is 5.60 Å². The number of halogens is 1. The van der Waals surface area contributed by atoms with Gasteiger partial charge in [0, 0.05) is 24.1 Å². The fourth-order valence-corrected chi connectivity index (χ4v) is 4.07. The van der Waals surface area contributed by atoms with Gasteiger partial charge in [-0.1, -0.05) is 0 Å². The van der Waals surface area contributed by atoms with Crippen molar-refractivity contribution >= 4 is 17.5 Å². The summed E-state index contributed by atoms with van der Waals surface area (Å²) < 4.78 is 5.68. The number of carbonyl (C=O) groups excluding carboxylic acids is 1. The Balaban J connectivity index is 1.78. The molecular formula is C13H20ClNO2. The molecule has 3 aliphatic heterocycles. The van der Waals surface area contributed by atoms with Gasteiger partial charge in [0.15, 0.2) is 0 Å². The molecular weight excluding hydrogens is 238 g/mol. The van der Waals surface area contributed by atoms with Gasteiger partial charge in [-0.25, -0.2) is 0 Å². The molecule has 0 aromatic rings.